The molecule has 2 N–H and O–H groups in total. The summed E-state index contributed by atoms with van der Waals surface area (Å²) < 4.78 is 22.2. The van der Waals surface area contributed by atoms with Gasteiger partial charge >= 0.3 is 0 Å². The first-order valence-electron chi connectivity index (χ1n) is 5.70. The first kappa shape index (κ1) is 15.8. The van der Waals surface area contributed by atoms with E-state index in [1.807, 2.05) is 12.1 Å². The van der Waals surface area contributed by atoms with Crippen LogP contribution in [0.4, 0.5) is 0 Å². The Labute approximate surface area is 146 Å². The SMILES string of the molecule is NS(=O)(=O)c1ccc(C2CCCCC2)cc1.[K]. The molecule has 0 amide bonds. The van der Waals surface area contributed by atoms with E-state index in [-0.39, 0.29) is 56.3 Å². The van der Waals surface area contributed by atoms with Crippen molar-refractivity contribution in [2.24, 2.45) is 5.14 Å². The second kappa shape index (κ2) is 6.79. The smallest absolute Gasteiger partial charge is 0.225 e. The predicted molar refractivity (Wildman–Crippen MR) is 69.4 cm³/mol. The summed E-state index contributed by atoms with van der Waals surface area (Å²) in [6.45, 7) is 0. The van der Waals surface area contributed by atoms with Gasteiger partial charge in [0.25, 0.3) is 0 Å². The van der Waals surface area contributed by atoms with Gasteiger partial charge in [-0.15, -0.1) is 0 Å². The van der Waals surface area contributed by atoms with Gasteiger partial charge in [-0.1, -0.05) is 31.4 Å². The molecular weight excluding hydrogens is 261 g/mol. The summed E-state index contributed by atoms with van der Waals surface area (Å²) in [7, 11) is -3.55. The van der Waals surface area contributed by atoms with Crippen molar-refractivity contribution < 1.29 is 8.42 Å². The van der Waals surface area contributed by atoms with Gasteiger partial charge in [-0.2, -0.15) is 0 Å². The van der Waals surface area contributed by atoms with Gasteiger partial charge < -0.3 is 0 Å². The molecule has 0 heterocycles. The molecule has 17 heavy (non-hydrogen) atoms. The van der Waals surface area contributed by atoms with Gasteiger partial charge in [-0.25, -0.2) is 13.6 Å². The average Bonchev–Trinajstić information content (AvgIpc) is 2.29. The van der Waals surface area contributed by atoms with Crippen molar-refractivity contribution in [3.05, 3.63) is 29.8 Å². The van der Waals surface area contributed by atoms with Crippen LogP contribution in [-0.4, -0.2) is 59.8 Å². The van der Waals surface area contributed by atoms with Gasteiger partial charge in [-0.05, 0) is 36.5 Å². The van der Waals surface area contributed by atoms with E-state index in [1.54, 1.807) is 12.1 Å². The predicted octanol–water partition coefficient (Wildman–Crippen LogP) is 2.00. The van der Waals surface area contributed by atoms with Crippen LogP contribution in [0.2, 0.25) is 0 Å². The molecule has 0 saturated heterocycles. The van der Waals surface area contributed by atoms with Gasteiger partial charge in [0.15, 0.2) is 0 Å². The van der Waals surface area contributed by atoms with Crippen LogP contribution in [0.3, 0.4) is 0 Å². The van der Waals surface area contributed by atoms with Crippen LogP contribution >= 0.6 is 0 Å². The number of rotatable bonds is 2. The average molecular weight is 278 g/mol. The molecule has 1 fully saturated rings. The summed E-state index contributed by atoms with van der Waals surface area (Å²) >= 11 is 0. The molecule has 0 atom stereocenters. The minimum Gasteiger partial charge on any atom is -0.225 e. The first-order valence-corrected chi connectivity index (χ1v) is 7.25. The zero-order chi connectivity index (χ0) is 11.6. The van der Waals surface area contributed by atoms with E-state index >= 15 is 0 Å². The van der Waals surface area contributed by atoms with Crippen LogP contribution in [0, 0.1) is 0 Å². The number of nitrogens with two attached hydrogens (primary N) is 1. The Morgan fingerprint density at radius 3 is 2.00 bits per heavy atom. The van der Waals surface area contributed by atoms with Gasteiger partial charge in [0.2, 0.25) is 10.0 Å². The number of benzene rings is 1. The second-order valence-corrected chi connectivity index (χ2v) is 6.01. The maximum absolute atomic E-state index is 11.1. The fourth-order valence-electron chi connectivity index (χ4n) is 2.37. The summed E-state index contributed by atoms with van der Waals surface area (Å²) in [5.41, 5.74) is 1.24. The summed E-state index contributed by atoms with van der Waals surface area (Å²) in [6.07, 6.45) is 6.32. The third-order valence-corrected chi connectivity index (χ3v) is 4.21. The van der Waals surface area contributed by atoms with E-state index in [9.17, 15) is 8.42 Å². The van der Waals surface area contributed by atoms with E-state index < -0.39 is 10.0 Å². The van der Waals surface area contributed by atoms with Crippen molar-refractivity contribution in [3.8, 4) is 0 Å². The molecule has 2 rings (SSSR count). The maximum atomic E-state index is 11.1. The third kappa shape index (κ3) is 4.42. The summed E-state index contributed by atoms with van der Waals surface area (Å²) in [6, 6.07) is 7.02. The van der Waals surface area contributed by atoms with Crippen molar-refractivity contribution >= 4 is 61.4 Å². The minimum absolute atomic E-state index is 0. The van der Waals surface area contributed by atoms with Crippen LogP contribution in [0.1, 0.15) is 43.6 Å². The summed E-state index contributed by atoms with van der Waals surface area (Å²) in [5, 5.41) is 5.06. The molecule has 0 aliphatic heterocycles. The molecule has 1 aromatic carbocycles. The standard InChI is InChI=1S/C12H17NO2S.K/c13-16(14,15)12-8-6-11(7-9-12)10-4-2-1-3-5-10;/h6-10H,1-5H2,(H2,13,14,15);. The van der Waals surface area contributed by atoms with E-state index in [0.717, 1.165) is 0 Å². The van der Waals surface area contributed by atoms with Crippen LogP contribution in [-0.2, 0) is 10.0 Å². The quantitative estimate of drug-likeness (QED) is 0.841. The number of hydrogen-bond donors (Lipinski definition) is 1. The van der Waals surface area contributed by atoms with Gasteiger partial charge in [-0.3, -0.25) is 0 Å². The van der Waals surface area contributed by atoms with E-state index in [1.165, 1.54) is 37.7 Å². The Hall–Kier alpha value is 0.766. The zero-order valence-corrected chi connectivity index (χ0v) is 14.2. The topological polar surface area (TPSA) is 60.2 Å². The largest absolute Gasteiger partial charge is 0.238 e. The Bertz CT molecular complexity index is 450. The Balaban J connectivity index is 0.00000144. The molecule has 1 aromatic rings. The summed E-state index contributed by atoms with van der Waals surface area (Å²) in [4.78, 5) is 0.201. The zero-order valence-electron chi connectivity index (χ0n) is 10.2. The van der Waals surface area contributed by atoms with Crippen LogP contribution in [0.5, 0.6) is 0 Å². The van der Waals surface area contributed by atoms with Crippen LogP contribution in [0.25, 0.3) is 0 Å². The molecule has 1 aliphatic carbocycles. The molecule has 0 unspecified atom stereocenters. The second-order valence-electron chi connectivity index (χ2n) is 4.45. The van der Waals surface area contributed by atoms with Crippen molar-refractivity contribution in [3.63, 3.8) is 0 Å². The minimum atomic E-state index is -3.55. The number of sulfonamides is 1. The molecule has 1 aliphatic rings. The maximum Gasteiger partial charge on any atom is 0.238 e. The molecule has 3 nitrogen and oxygen atoms in total. The van der Waals surface area contributed by atoms with Gasteiger partial charge in [0.05, 0.1) is 4.90 Å². The molecule has 0 aromatic heterocycles. The van der Waals surface area contributed by atoms with Crippen LogP contribution in [0.15, 0.2) is 29.2 Å². The van der Waals surface area contributed by atoms with E-state index in [4.69, 9.17) is 5.14 Å². The molecule has 1 saturated carbocycles. The first-order chi connectivity index (χ1) is 7.57. The number of primary sulfonamides is 1. The third-order valence-electron chi connectivity index (χ3n) is 3.29. The van der Waals surface area contributed by atoms with Crippen molar-refractivity contribution in [2.75, 3.05) is 0 Å². The molecule has 0 spiro atoms. The van der Waals surface area contributed by atoms with Gasteiger partial charge in [0, 0.05) is 51.4 Å². The Morgan fingerprint density at radius 2 is 1.53 bits per heavy atom. The normalized spacial score (nSPS) is 17.5. The van der Waals surface area contributed by atoms with Crippen LogP contribution < -0.4 is 5.14 Å². The fraction of sp³-hybridized carbons (Fsp3) is 0.500. The molecule has 89 valence electrons. The molecule has 1 radical (unpaired) electrons. The van der Waals surface area contributed by atoms with Crippen molar-refractivity contribution in [2.45, 2.75) is 42.9 Å². The van der Waals surface area contributed by atoms with Crippen molar-refractivity contribution in [1.29, 1.82) is 0 Å². The Morgan fingerprint density at radius 1 is 1.00 bits per heavy atom. The summed E-state index contributed by atoms with van der Waals surface area (Å²) in [5.74, 6) is 0.600. The fourth-order valence-corrected chi connectivity index (χ4v) is 2.88. The van der Waals surface area contributed by atoms with Gasteiger partial charge in [0.1, 0.15) is 0 Å². The van der Waals surface area contributed by atoms with Crippen molar-refractivity contribution in [1.82, 2.24) is 0 Å². The molecular formula is C12H17KNO2S. The molecule has 5 heteroatoms. The van der Waals surface area contributed by atoms with E-state index in [0.29, 0.717) is 5.92 Å². The number of hydrogen-bond acceptors (Lipinski definition) is 2. The van der Waals surface area contributed by atoms with E-state index in [2.05, 4.69) is 0 Å². The Kier molecular flexibility index (Phi) is 6.32. The molecule has 0 bridgehead atoms. The monoisotopic (exact) mass is 278 g/mol.